The molecule has 2 aromatic rings. The van der Waals surface area contributed by atoms with Crippen molar-refractivity contribution in [3.8, 4) is 16.9 Å². The first-order valence-corrected chi connectivity index (χ1v) is 6.01. The van der Waals surface area contributed by atoms with E-state index >= 15 is 0 Å². The molecule has 0 aliphatic heterocycles. The lowest BCUT2D eigenvalue weighted by Crippen LogP contribution is -2.05. The molecule has 98 valence electrons. The Labute approximate surface area is 112 Å². The zero-order valence-electron chi connectivity index (χ0n) is 10.9. The highest BCUT2D eigenvalue weighted by atomic mass is 16.5. The van der Waals surface area contributed by atoms with Gasteiger partial charge in [0.1, 0.15) is 5.75 Å². The molecule has 0 bridgehead atoms. The number of pyridine rings is 1. The van der Waals surface area contributed by atoms with Gasteiger partial charge in [-0.25, -0.2) is 4.79 Å². The number of rotatable bonds is 4. The Kier molecular flexibility index (Phi) is 4.13. The molecule has 0 radical (unpaired) electrons. The van der Waals surface area contributed by atoms with Crippen LogP contribution in [0.3, 0.4) is 0 Å². The average molecular weight is 257 g/mol. The van der Waals surface area contributed by atoms with Crippen LogP contribution in [0.1, 0.15) is 17.3 Å². The largest absolute Gasteiger partial charge is 0.497 e. The van der Waals surface area contributed by atoms with Crippen molar-refractivity contribution in [2.24, 2.45) is 0 Å². The molecule has 0 unspecified atom stereocenters. The molecule has 4 nitrogen and oxygen atoms in total. The maximum Gasteiger partial charge on any atom is 0.338 e. The zero-order chi connectivity index (χ0) is 13.7. The van der Waals surface area contributed by atoms with Gasteiger partial charge in [-0.2, -0.15) is 0 Å². The number of aromatic nitrogens is 1. The van der Waals surface area contributed by atoms with Gasteiger partial charge in [0.25, 0.3) is 0 Å². The number of nitrogens with zero attached hydrogens (tertiary/aromatic N) is 1. The number of methoxy groups -OCH3 is 1. The third kappa shape index (κ3) is 3.10. The Bertz CT molecular complexity index is 567. The van der Waals surface area contributed by atoms with Crippen molar-refractivity contribution in [1.82, 2.24) is 4.98 Å². The van der Waals surface area contributed by atoms with Crippen molar-refractivity contribution < 1.29 is 14.3 Å². The molecule has 2 rings (SSSR count). The van der Waals surface area contributed by atoms with Gasteiger partial charge in [0.2, 0.25) is 0 Å². The van der Waals surface area contributed by atoms with Crippen molar-refractivity contribution in [2.75, 3.05) is 13.7 Å². The first kappa shape index (κ1) is 13.1. The van der Waals surface area contributed by atoms with E-state index in [2.05, 4.69) is 4.98 Å². The molecule has 0 aliphatic carbocycles. The highest BCUT2D eigenvalue weighted by Crippen LogP contribution is 2.26. The van der Waals surface area contributed by atoms with Gasteiger partial charge in [-0.3, -0.25) is 4.98 Å². The standard InChI is InChI=1S/C15H15NO3/c1-3-19-15(17)13-8-12(9-14(10-13)18-2)11-4-6-16-7-5-11/h4-10H,3H2,1-2H3. The van der Waals surface area contributed by atoms with E-state index in [1.165, 1.54) is 0 Å². The molecule has 0 aliphatic rings. The highest BCUT2D eigenvalue weighted by molar-refractivity contribution is 5.91. The number of esters is 1. The summed E-state index contributed by atoms with van der Waals surface area (Å²) in [6.45, 7) is 2.13. The number of hydrogen-bond donors (Lipinski definition) is 0. The zero-order valence-corrected chi connectivity index (χ0v) is 10.9. The van der Waals surface area contributed by atoms with Crippen molar-refractivity contribution >= 4 is 5.97 Å². The van der Waals surface area contributed by atoms with Gasteiger partial charge in [-0.15, -0.1) is 0 Å². The van der Waals surface area contributed by atoms with Crippen LogP contribution in [0.2, 0.25) is 0 Å². The molecule has 0 amide bonds. The molecule has 1 aromatic carbocycles. The third-order valence-electron chi connectivity index (χ3n) is 2.67. The molecule has 0 saturated carbocycles. The van der Waals surface area contributed by atoms with Gasteiger partial charge in [0.15, 0.2) is 0 Å². The molecular weight excluding hydrogens is 242 g/mol. The van der Waals surface area contributed by atoms with Gasteiger partial charge in [-0.05, 0) is 48.4 Å². The summed E-state index contributed by atoms with van der Waals surface area (Å²) in [4.78, 5) is 15.8. The quantitative estimate of drug-likeness (QED) is 0.790. The summed E-state index contributed by atoms with van der Waals surface area (Å²) in [7, 11) is 1.57. The van der Waals surface area contributed by atoms with Gasteiger partial charge in [-0.1, -0.05) is 0 Å². The van der Waals surface area contributed by atoms with Crippen molar-refractivity contribution in [3.05, 3.63) is 48.3 Å². The lowest BCUT2D eigenvalue weighted by Gasteiger charge is -2.08. The Morgan fingerprint density at radius 1 is 1.16 bits per heavy atom. The summed E-state index contributed by atoms with van der Waals surface area (Å²) in [5, 5.41) is 0. The van der Waals surface area contributed by atoms with Crippen molar-refractivity contribution in [2.45, 2.75) is 6.92 Å². The second-order valence-electron chi connectivity index (χ2n) is 3.91. The molecule has 0 saturated heterocycles. The number of hydrogen-bond acceptors (Lipinski definition) is 4. The molecule has 0 spiro atoms. The minimum atomic E-state index is -0.350. The van der Waals surface area contributed by atoms with Crippen LogP contribution < -0.4 is 4.74 Å². The van der Waals surface area contributed by atoms with E-state index < -0.39 is 0 Å². The molecule has 1 aromatic heterocycles. The van der Waals surface area contributed by atoms with Crippen molar-refractivity contribution in [1.29, 1.82) is 0 Å². The predicted molar refractivity (Wildman–Crippen MR) is 72.2 cm³/mol. The summed E-state index contributed by atoms with van der Waals surface area (Å²) < 4.78 is 10.2. The van der Waals surface area contributed by atoms with E-state index in [1.807, 2.05) is 18.2 Å². The van der Waals surface area contributed by atoms with Crippen LogP contribution in [0.15, 0.2) is 42.7 Å². The Balaban J connectivity index is 2.45. The maximum absolute atomic E-state index is 11.8. The van der Waals surface area contributed by atoms with Crippen molar-refractivity contribution in [3.63, 3.8) is 0 Å². The lowest BCUT2D eigenvalue weighted by molar-refractivity contribution is 0.0526. The molecule has 1 heterocycles. The minimum absolute atomic E-state index is 0.348. The Morgan fingerprint density at radius 3 is 2.53 bits per heavy atom. The SMILES string of the molecule is CCOC(=O)c1cc(OC)cc(-c2ccncc2)c1. The topological polar surface area (TPSA) is 48.4 Å². The third-order valence-corrected chi connectivity index (χ3v) is 2.67. The number of carbonyl (C=O) groups excluding carboxylic acids is 1. The monoisotopic (exact) mass is 257 g/mol. The first-order valence-electron chi connectivity index (χ1n) is 6.01. The average Bonchev–Trinajstić information content (AvgIpc) is 2.48. The Hall–Kier alpha value is -2.36. The Morgan fingerprint density at radius 2 is 1.89 bits per heavy atom. The second kappa shape index (κ2) is 6.00. The van der Waals surface area contributed by atoms with Crippen LogP contribution in [-0.4, -0.2) is 24.7 Å². The van der Waals surface area contributed by atoms with E-state index in [1.54, 1.807) is 38.6 Å². The summed E-state index contributed by atoms with van der Waals surface area (Å²) >= 11 is 0. The van der Waals surface area contributed by atoms with E-state index in [9.17, 15) is 4.79 Å². The fourth-order valence-corrected chi connectivity index (χ4v) is 1.76. The molecule has 4 heteroatoms. The van der Waals surface area contributed by atoms with E-state index in [4.69, 9.17) is 9.47 Å². The van der Waals surface area contributed by atoms with Crippen LogP contribution in [0.4, 0.5) is 0 Å². The molecule has 0 fully saturated rings. The van der Waals surface area contributed by atoms with Crippen LogP contribution in [-0.2, 0) is 4.74 Å². The normalized spacial score (nSPS) is 10.0. The summed E-state index contributed by atoms with van der Waals surface area (Å²) in [6.07, 6.45) is 3.41. The maximum atomic E-state index is 11.8. The summed E-state index contributed by atoms with van der Waals surface area (Å²) in [5.74, 6) is 0.272. The van der Waals surface area contributed by atoms with Crippen LogP contribution in [0.5, 0.6) is 5.75 Å². The number of ether oxygens (including phenoxy) is 2. The molecule has 0 N–H and O–H groups in total. The van der Waals surface area contributed by atoms with Crippen LogP contribution in [0.25, 0.3) is 11.1 Å². The first-order chi connectivity index (χ1) is 9.24. The van der Waals surface area contributed by atoms with Gasteiger partial charge in [0, 0.05) is 12.4 Å². The van der Waals surface area contributed by atoms with E-state index in [0.29, 0.717) is 17.9 Å². The molecular formula is C15H15NO3. The van der Waals surface area contributed by atoms with Crippen LogP contribution >= 0.6 is 0 Å². The summed E-state index contributed by atoms with van der Waals surface area (Å²) in [5.41, 5.74) is 2.34. The minimum Gasteiger partial charge on any atom is -0.497 e. The molecule has 19 heavy (non-hydrogen) atoms. The van der Waals surface area contributed by atoms with Gasteiger partial charge >= 0.3 is 5.97 Å². The highest BCUT2D eigenvalue weighted by Gasteiger charge is 2.11. The van der Waals surface area contributed by atoms with E-state index in [-0.39, 0.29) is 5.97 Å². The van der Waals surface area contributed by atoms with Gasteiger partial charge < -0.3 is 9.47 Å². The lowest BCUT2D eigenvalue weighted by atomic mass is 10.0. The predicted octanol–water partition coefficient (Wildman–Crippen LogP) is 2.93. The fourth-order valence-electron chi connectivity index (χ4n) is 1.76. The number of benzene rings is 1. The van der Waals surface area contributed by atoms with Crippen LogP contribution in [0, 0.1) is 0 Å². The van der Waals surface area contributed by atoms with E-state index in [0.717, 1.165) is 11.1 Å². The second-order valence-corrected chi connectivity index (χ2v) is 3.91. The number of carbonyl (C=O) groups is 1. The van der Waals surface area contributed by atoms with Gasteiger partial charge in [0.05, 0.1) is 19.3 Å². The summed E-state index contributed by atoms with van der Waals surface area (Å²) in [6, 6.07) is 9.09. The fraction of sp³-hybridized carbons (Fsp3) is 0.200. The molecule has 0 atom stereocenters. The smallest absolute Gasteiger partial charge is 0.338 e.